The molecule has 5 rings (SSSR count). The van der Waals surface area contributed by atoms with Gasteiger partial charge < -0.3 is 15.1 Å². The number of anilines is 3. The Morgan fingerprint density at radius 1 is 1.03 bits per heavy atom. The van der Waals surface area contributed by atoms with E-state index in [4.69, 9.17) is 9.97 Å². The molecule has 1 amide bonds. The molecule has 0 radical (unpaired) electrons. The molecule has 0 unspecified atom stereocenters. The maximum atomic E-state index is 13.2. The second kappa shape index (κ2) is 12.5. The molecule has 39 heavy (non-hydrogen) atoms. The van der Waals surface area contributed by atoms with Crippen LogP contribution in [0.15, 0.2) is 54.7 Å². The highest BCUT2D eigenvalue weighted by Gasteiger charge is 2.20. The lowest BCUT2D eigenvalue weighted by Crippen LogP contribution is -2.48. The standard InChI is InChI=1S/C29H34FN7OS/c1-3-27(38)37-17-15-35(16-18-37)20-22-11-13-31-25(19-22)33-29-32-24-9-10-26(34-28(24)39-29)36(4-2)14-12-21-5-7-23(30)8-6-21/h5-11,13,19H,3-4,12,14-18,20H2,1-2H3,(H,31,32,33). The number of halogens is 1. The van der Waals surface area contributed by atoms with Crippen LogP contribution in [0.5, 0.6) is 0 Å². The third-order valence-corrected chi connectivity index (χ3v) is 7.90. The highest BCUT2D eigenvalue weighted by atomic mass is 32.1. The van der Waals surface area contributed by atoms with Crippen molar-refractivity contribution in [2.24, 2.45) is 0 Å². The van der Waals surface area contributed by atoms with Gasteiger partial charge in [-0.1, -0.05) is 30.4 Å². The van der Waals surface area contributed by atoms with Crippen molar-refractivity contribution in [1.29, 1.82) is 0 Å². The molecular weight excluding hydrogens is 513 g/mol. The molecule has 204 valence electrons. The number of benzene rings is 1. The van der Waals surface area contributed by atoms with Crippen molar-refractivity contribution in [2.45, 2.75) is 33.2 Å². The highest BCUT2D eigenvalue weighted by Crippen LogP contribution is 2.29. The number of nitrogens with one attached hydrogen (secondary N) is 1. The minimum atomic E-state index is -0.214. The molecule has 1 N–H and O–H groups in total. The molecule has 1 fully saturated rings. The summed E-state index contributed by atoms with van der Waals surface area (Å²) < 4.78 is 13.2. The number of pyridine rings is 2. The zero-order valence-corrected chi connectivity index (χ0v) is 23.3. The number of carbonyl (C=O) groups excluding carboxylic acids is 1. The summed E-state index contributed by atoms with van der Waals surface area (Å²) in [4.78, 5) is 33.4. The van der Waals surface area contributed by atoms with Gasteiger partial charge in [0.25, 0.3) is 0 Å². The van der Waals surface area contributed by atoms with Gasteiger partial charge in [-0.2, -0.15) is 0 Å². The first-order chi connectivity index (χ1) is 19.0. The number of carbonyl (C=O) groups is 1. The van der Waals surface area contributed by atoms with E-state index in [2.05, 4.69) is 33.1 Å². The van der Waals surface area contributed by atoms with E-state index >= 15 is 0 Å². The average Bonchev–Trinajstić information content (AvgIpc) is 3.36. The first-order valence-electron chi connectivity index (χ1n) is 13.5. The zero-order chi connectivity index (χ0) is 27.2. The number of likely N-dealkylation sites (N-methyl/N-ethyl adjacent to an activating group) is 1. The Morgan fingerprint density at radius 2 is 1.82 bits per heavy atom. The molecule has 8 nitrogen and oxygen atoms in total. The molecule has 4 aromatic rings. The van der Waals surface area contributed by atoms with E-state index in [9.17, 15) is 9.18 Å². The van der Waals surface area contributed by atoms with Crippen molar-refractivity contribution in [3.63, 3.8) is 0 Å². The number of piperazine rings is 1. The topological polar surface area (TPSA) is 77.5 Å². The molecule has 0 spiro atoms. The van der Waals surface area contributed by atoms with E-state index in [1.165, 1.54) is 29.0 Å². The van der Waals surface area contributed by atoms with Crippen molar-refractivity contribution in [2.75, 3.05) is 49.5 Å². The summed E-state index contributed by atoms with van der Waals surface area (Å²) in [5.74, 6) is 1.67. The van der Waals surface area contributed by atoms with Crippen LogP contribution in [0.2, 0.25) is 0 Å². The number of nitrogens with zero attached hydrogens (tertiary/aromatic N) is 6. The molecule has 1 saturated heterocycles. The first-order valence-corrected chi connectivity index (χ1v) is 14.3. The average molecular weight is 548 g/mol. The van der Waals surface area contributed by atoms with Crippen LogP contribution in [0.3, 0.4) is 0 Å². The summed E-state index contributed by atoms with van der Waals surface area (Å²) in [5, 5.41) is 4.11. The van der Waals surface area contributed by atoms with Crippen LogP contribution in [0, 0.1) is 5.82 Å². The molecule has 0 bridgehead atoms. The van der Waals surface area contributed by atoms with Gasteiger partial charge in [0, 0.05) is 58.4 Å². The van der Waals surface area contributed by atoms with E-state index in [0.717, 1.165) is 84.9 Å². The summed E-state index contributed by atoms with van der Waals surface area (Å²) in [6.45, 7) is 9.79. The van der Waals surface area contributed by atoms with E-state index in [1.54, 1.807) is 0 Å². The number of hydrogen-bond donors (Lipinski definition) is 1. The fourth-order valence-electron chi connectivity index (χ4n) is 4.77. The second-order valence-corrected chi connectivity index (χ2v) is 10.6. The summed E-state index contributed by atoms with van der Waals surface area (Å²) in [7, 11) is 0. The summed E-state index contributed by atoms with van der Waals surface area (Å²) >= 11 is 1.51. The number of amides is 1. The number of thiazole rings is 1. The van der Waals surface area contributed by atoms with E-state index in [-0.39, 0.29) is 11.7 Å². The maximum absolute atomic E-state index is 13.2. The van der Waals surface area contributed by atoms with Crippen LogP contribution >= 0.6 is 11.3 Å². The van der Waals surface area contributed by atoms with Crippen molar-refractivity contribution < 1.29 is 9.18 Å². The molecular formula is C29H34FN7OS. The van der Waals surface area contributed by atoms with Crippen LogP contribution in [0.1, 0.15) is 31.4 Å². The van der Waals surface area contributed by atoms with Crippen LogP contribution < -0.4 is 10.2 Å². The second-order valence-electron chi connectivity index (χ2n) is 9.65. The lowest BCUT2D eigenvalue weighted by molar-refractivity contribution is -0.132. The van der Waals surface area contributed by atoms with Crippen LogP contribution in [0.4, 0.5) is 21.2 Å². The smallest absolute Gasteiger partial charge is 0.222 e. The monoisotopic (exact) mass is 547 g/mol. The minimum absolute atomic E-state index is 0.214. The Bertz CT molecular complexity index is 1400. The van der Waals surface area contributed by atoms with Crippen LogP contribution in [0.25, 0.3) is 10.3 Å². The molecule has 3 aromatic heterocycles. The SMILES string of the molecule is CCC(=O)N1CCN(Cc2ccnc(Nc3nc4ccc(N(CC)CCc5ccc(F)cc5)nc4s3)c2)CC1. The first kappa shape index (κ1) is 27.0. The van der Waals surface area contributed by atoms with Gasteiger partial charge in [-0.25, -0.2) is 19.3 Å². The van der Waals surface area contributed by atoms with Gasteiger partial charge in [-0.15, -0.1) is 0 Å². The van der Waals surface area contributed by atoms with Crippen LogP contribution in [-0.2, 0) is 17.8 Å². The fraction of sp³-hybridized carbons (Fsp3) is 0.379. The predicted molar refractivity (Wildman–Crippen MR) is 155 cm³/mol. The Balaban J connectivity index is 1.21. The molecule has 1 aliphatic rings. The Labute approximate surface area is 232 Å². The van der Waals surface area contributed by atoms with E-state index < -0.39 is 0 Å². The van der Waals surface area contributed by atoms with Gasteiger partial charge in [0.1, 0.15) is 27.8 Å². The lowest BCUT2D eigenvalue weighted by Gasteiger charge is -2.34. The van der Waals surface area contributed by atoms with E-state index in [1.807, 2.05) is 48.4 Å². The maximum Gasteiger partial charge on any atom is 0.222 e. The summed E-state index contributed by atoms with van der Waals surface area (Å²) in [6, 6.07) is 14.8. The molecule has 0 saturated carbocycles. The van der Waals surface area contributed by atoms with Gasteiger partial charge >= 0.3 is 0 Å². The fourth-order valence-corrected chi connectivity index (χ4v) is 5.61. The largest absolute Gasteiger partial charge is 0.357 e. The third-order valence-electron chi connectivity index (χ3n) is 7.02. The molecule has 1 aromatic carbocycles. The van der Waals surface area contributed by atoms with Gasteiger partial charge in [-0.3, -0.25) is 9.69 Å². The Hall–Kier alpha value is -3.63. The molecule has 0 aliphatic carbocycles. The Morgan fingerprint density at radius 3 is 2.56 bits per heavy atom. The normalized spacial score (nSPS) is 14.1. The third kappa shape index (κ3) is 6.88. The number of rotatable bonds is 10. The summed E-state index contributed by atoms with van der Waals surface area (Å²) in [6.07, 6.45) is 3.20. The molecule has 10 heteroatoms. The number of fused-ring (bicyclic) bond motifs is 1. The quantitative estimate of drug-likeness (QED) is 0.296. The van der Waals surface area contributed by atoms with Crippen molar-refractivity contribution in [3.8, 4) is 0 Å². The molecule has 4 heterocycles. The van der Waals surface area contributed by atoms with Gasteiger partial charge in [0.15, 0.2) is 5.13 Å². The highest BCUT2D eigenvalue weighted by molar-refractivity contribution is 7.21. The molecule has 0 atom stereocenters. The summed E-state index contributed by atoms with van der Waals surface area (Å²) in [5.41, 5.74) is 3.12. The number of hydrogen-bond acceptors (Lipinski definition) is 8. The van der Waals surface area contributed by atoms with Gasteiger partial charge in [-0.05, 0) is 60.9 Å². The molecule has 1 aliphatic heterocycles. The van der Waals surface area contributed by atoms with Crippen molar-refractivity contribution in [3.05, 3.63) is 71.7 Å². The number of aromatic nitrogens is 3. The van der Waals surface area contributed by atoms with Crippen molar-refractivity contribution in [1.82, 2.24) is 24.8 Å². The van der Waals surface area contributed by atoms with E-state index in [0.29, 0.717) is 6.42 Å². The lowest BCUT2D eigenvalue weighted by atomic mass is 10.1. The van der Waals surface area contributed by atoms with Crippen LogP contribution in [-0.4, -0.2) is 69.9 Å². The van der Waals surface area contributed by atoms with Gasteiger partial charge in [0.05, 0.1) is 0 Å². The van der Waals surface area contributed by atoms with Crippen molar-refractivity contribution >= 4 is 44.4 Å². The van der Waals surface area contributed by atoms with Gasteiger partial charge in [0.2, 0.25) is 5.91 Å². The minimum Gasteiger partial charge on any atom is -0.357 e. The zero-order valence-electron chi connectivity index (χ0n) is 22.4. The Kier molecular flexibility index (Phi) is 8.63. The predicted octanol–water partition coefficient (Wildman–Crippen LogP) is 5.09.